The highest BCUT2D eigenvalue weighted by atomic mass is 32.2. The maximum Gasteiger partial charge on any atom is 0.243 e. The van der Waals surface area contributed by atoms with Crippen molar-refractivity contribution in [3.63, 3.8) is 0 Å². The molecule has 0 spiro atoms. The van der Waals surface area contributed by atoms with E-state index in [1.165, 1.54) is 49.6 Å². The minimum atomic E-state index is -3.89. The number of carbonyl (C=O) groups excluding carboxylic acids is 1. The molecular weight excluding hydrogens is 383 g/mol. The third-order valence-corrected chi connectivity index (χ3v) is 5.92. The zero-order valence-electron chi connectivity index (χ0n) is 15.8. The monoisotopic (exact) mass is 406 g/mol. The van der Waals surface area contributed by atoms with Gasteiger partial charge in [0.15, 0.2) is 0 Å². The number of nitrogens with zero attached hydrogens (tertiary/aromatic N) is 1. The Hall–Kier alpha value is -2.71. The number of ether oxygens (including phenoxy) is 1. The van der Waals surface area contributed by atoms with Crippen molar-refractivity contribution in [3.8, 4) is 5.75 Å². The van der Waals surface area contributed by atoms with E-state index in [9.17, 15) is 17.6 Å². The molecule has 1 N–H and O–H groups in total. The number of methoxy groups -OCH3 is 1. The van der Waals surface area contributed by atoms with Gasteiger partial charge in [-0.25, -0.2) is 12.8 Å². The highest BCUT2D eigenvalue weighted by Gasteiger charge is 2.26. The molecule has 0 radical (unpaired) electrons. The largest absolute Gasteiger partial charge is 0.497 e. The van der Waals surface area contributed by atoms with Gasteiger partial charge in [-0.3, -0.25) is 4.79 Å². The van der Waals surface area contributed by atoms with E-state index in [0.29, 0.717) is 11.3 Å². The van der Waals surface area contributed by atoms with E-state index in [2.05, 4.69) is 11.9 Å². The number of benzene rings is 2. The van der Waals surface area contributed by atoms with E-state index < -0.39 is 22.0 Å². The molecule has 150 valence electrons. The molecule has 8 heteroatoms. The first-order valence-electron chi connectivity index (χ1n) is 8.58. The summed E-state index contributed by atoms with van der Waals surface area (Å²) in [5, 5.41) is 2.72. The van der Waals surface area contributed by atoms with E-state index in [-0.39, 0.29) is 23.8 Å². The van der Waals surface area contributed by atoms with Crippen LogP contribution in [0.25, 0.3) is 0 Å². The van der Waals surface area contributed by atoms with Gasteiger partial charge in [-0.2, -0.15) is 4.31 Å². The molecule has 2 rings (SSSR count). The molecule has 0 saturated heterocycles. The Morgan fingerprint density at radius 3 is 2.36 bits per heavy atom. The molecule has 0 aliphatic carbocycles. The lowest BCUT2D eigenvalue weighted by atomic mass is 10.1. The van der Waals surface area contributed by atoms with Gasteiger partial charge in [0, 0.05) is 6.54 Å². The molecule has 0 aromatic heterocycles. The van der Waals surface area contributed by atoms with Crippen LogP contribution in [0.5, 0.6) is 5.75 Å². The van der Waals surface area contributed by atoms with Crippen LogP contribution in [0.2, 0.25) is 0 Å². The Kier molecular flexibility index (Phi) is 7.31. The van der Waals surface area contributed by atoms with Gasteiger partial charge in [0.05, 0.1) is 24.6 Å². The van der Waals surface area contributed by atoms with Crippen LogP contribution in [0.3, 0.4) is 0 Å². The quantitative estimate of drug-likeness (QED) is 0.650. The average molecular weight is 406 g/mol. The number of hydrogen-bond donors (Lipinski definition) is 1. The van der Waals surface area contributed by atoms with Crippen molar-refractivity contribution in [1.29, 1.82) is 0 Å². The number of hydrogen-bond acceptors (Lipinski definition) is 4. The number of carbonyl (C=O) groups is 1. The molecule has 1 atom stereocenters. The predicted molar refractivity (Wildman–Crippen MR) is 105 cm³/mol. The summed E-state index contributed by atoms with van der Waals surface area (Å²) in [6, 6.07) is 11.2. The number of rotatable bonds is 9. The SMILES string of the molecule is C=CCN(CC(=O)NC(C)c1ccc(F)cc1)S(=O)(=O)c1ccc(OC)cc1. The Balaban J connectivity index is 2.12. The van der Waals surface area contributed by atoms with Gasteiger partial charge in [0.2, 0.25) is 15.9 Å². The summed E-state index contributed by atoms with van der Waals surface area (Å²) in [5.41, 5.74) is 0.711. The Bertz CT molecular complexity index is 912. The predicted octanol–water partition coefficient (Wildman–Crippen LogP) is 2.89. The minimum absolute atomic E-state index is 0.0211. The molecule has 28 heavy (non-hydrogen) atoms. The zero-order chi connectivity index (χ0) is 20.7. The van der Waals surface area contributed by atoms with Gasteiger partial charge < -0.3 is 10.1 Å². The highest BCUT2D eigenvalue weighted by Crippen LogP contribution is 2.20. The van der Waals surface area contributed by atoms with Gasteiger partial charge in [0.25, 0.3) is 0 Å². The molecule has 0 fully saturated rings. The molecule has 2 aromatic rings. The molecular formula is C20H23FN2O4S. The number of halogens is 1. The van der Waals surface area contributed by atoms with Crippen molar-refractivity contribution >= 4 is 15.9 Å². The summed E-state index contributed by atoms with van der Waals surface area (Å²) in [5.74, 6) is -0.319. The van der Waals surface area contributed by atoms with E-state index in [4.69, 9.17) is 4.74 Å². The van der Waals surface area contributed by atoms with Gasteiger partial charge in [-0.05, 0) is 48.9 Å². The van der Waals surface area contributed by atoms with Crippen LogP contribution in [0.1, 0.15) is 18.5 Å². The summed E-state index contributed by atoms with van der Waals surface area (Å²) in [6.45, 7) is 4.91. The zero-order valence-corrected chi connectivity index (χ0v) is 16.6. The number of nitrogens with one attached hydrogen (secondary N) is 1. The molecule has 1 unspecified atom stereocenters. The van der Waals surface area contributed by atoms with Gasteiger partial charge >= 0.3 is 0 Å². The lowest BCUT2D eigenvalue weighted by Gasteiger charge is -2.22. The Labute approximate surface area is 164 Å². The van der Waals surface area contributed by atoms with Crippen molar-refractivity contribution < 1.29 is 22.3 Å². The fourth-order valence-corrected chi connectivity index (χ4v) is 3.94. The first-order chi connectivity index (χ1) is 13.3. The average Bonchev–Trinajstić information content (AvgIpc) is 2.68. The summed E-state index contributed by atoms with van der Waals surface area (Å²) in [7, 11) is -2.41. The molecule has 6 nitrogen and oxygen atoms in total. The maximum absolute atomic E-state index is 13.0. The molecule has 0 bridgehead atoms. The molecule has 0 aliphatic heterocycles. The summed E-state index contributed by atoms with van der Waals surface area (Å²) in [6.07, 6.45) is 1.41. The van der Waals surface area contributed by atoms with Crippen LogP contribution in [-0.2, 0) is 14.8 Å². The van der Waals surface area contributed by atoms with Crippen molar-refractivity contribution in [2.45, 2.75) is 17.9 Å². The maximum atomic E-state index is 13.0. The van der Waals surface area contributed by atoms with Crippen molar-refractivity contribution in [2.75, 3.05) is 20.2 Å². The normalized spacial score (nSPS) is 12.4. The summed E-state index contributed by atoms with van der Waals surface area (Å²) < 4.78 is 44.8. The number of amides is 1. The molecule has 2 aromatic carbocycles. The van der Waals surface area contributed by atoms with Crippen LogP contribution in [0.4, 0.5) is 4.39 Å². The second-order valence-corrected chi connectivity index (χ2v) is 8.04. The van der Waals surface area contributed by atoms with Crippen molar-refractivity contribution in [3.05, 3.63) is 72.6 Å². The molecule has 0 aliphatic rings. The van der Waals surface area contributed by atoms with Crippen LogP contribution in [0.15, 0.2) is 66.1 Å². The van der Waals surface area contributed by atoms with Crippen LogP contribution in [-0.4, -0.2) is 38.8 Å². The smallest absolute Gasteiger partial charge is 0.243 e. The minimum Gasteiger partial charge on any atom is -0.497 e. The molecule has 1 amide bonds. The van der Waals surface area contributed by atoms with Gasteiger partial charge in [0.1, 0.15) is 11.6 Å². The van der Waals surface area contributed by atoms with E-state index in [1.54, 1.807) is 19.1 Å². The Morgan fingerprint density at radius 2 is 1.82 bits per heavy atom. The van der Waals surface area contributed by atoms with E-state index >= 15 is 0 Å². The standard InChI is InChI=1S/C20H23FN2O4S/c1-4-13-23(28(25,26)19-11-9-18(27-3)10-12-19)14-20(24)22-15(2)16-5-7-17(21)8-6-16/h4-12,15H,1,13-14H2,2-3H3,(H,22,24). The fraction of sp³-hybridized carbons (Fsp3) is 0.250. The van der Waals surface area contributed by atoms with E-state index in [0.717, 1.165) is 4.31 Å². The third kappa shape index (κ3) is 5.40. The van der Waals surface area contributed by atoms with Crippen LogP contribution in [0, 0.1) is 5.82 Å². The lowest BCUT2D eigenvalue weighted by Crippen LogP contribution is -2.41. The molecule has 0 saturated carbocycles. The second-order valence-electron chi connectivity index (χ2n) is 6.10. The summed E-state index contributed by atoms with van der Waals surface area (Å²) in [4.78, 5) is 12.5. The van der Waals surface area contributed by atoms with Gasteiger partial charge in [-0.1, -0.05) is 18.2 Å². The van der Waals surface area contributed by atoms with Crippen molar-refractivity contribution in [1.82, 2.24) is 9.62 Å². The first-order valence-corrected chi connectivity index (χ1v) is 10.0. The van der Waals surface area contributed by atoms with E-state index in [1.807, 2.05) is 0 Å². The van der Waals surface area contributed by atoms with Crippen LogP contribution >= 0.6 is 0 Å². The third-order valence-electron chi connectivity index (χ3n) is 4.10. The lowest BCUT2D eigenvalue weighted by molar-refractivity contribution is -0.121. The number of sulfonamides is 1. The first kappa shape index (κ1) is 21.6. The van der Waals surface area contributed by atoms with Gasteiger partial charge in [-0.15, -0.1) is 6.58 Å². The van der Waals surface area contributed by atoms with Crippen LogP contribution < -0.4 is 10.1 Å². The Morgan fingerprint density at radius 1 is 1.21 bits per heavy atom. The second kappa shape index (κ2) is 9.48. The fourth-order valence-electron chi connectivity index (χ4n) is 2.57. The summed E-state index contributed by atoms with van der Waals surface area (Å²) >= 11 is 0. The van der Waals surface area contributed by atoms with Crippen molar-refractivity contribution in [2.24, 2.45) is 0 Å². The topological polar surface area (TPSA) is 75.7 Å². The molecule has 0 heterocycles. The highest BCUT2D eigenvalue weighted by molar-refractivity contribution is 7.89.